The summed E-state index contributed by atoms with van der Waals surface area (Å²) in [5.41, 5.74) is 0. The van der Waals surface area contributed by atoms with Gasteiger partial charge < -0.3 is 18.9 Å². The number of hydrogen-bond donors (Lipinski definition) is 0. The predicted molar refractivity (Wildman–Crippen MR) is 213 cm³/mol. The van der Waals surface area contributed by atoms with Crippen LogP contribution in [0.25, 0.3) is 0 Å². The predicted octanol–water partition coefficient (Wildman–Crippen LogP) is 13.5. The highest BCUT2D eigenvalue weighted by Crippen LogP contribution is 2.43. The lowest BCUT2D eigenvalue weighted by atomic mass is 9.69. The van der Waals surface area contributed by atoms with Crippen LogP contribution in [-0.4, -0.2) is 26.9 Å². The van der Waals surface area contributed by atoms with Crippen LogP contribution in [0.15, 0.2) is 48.6 Å². The first-order valence-electron chi connectivity index (χ1n) is 21.4. The second-order valence-corrected chi connectivity index (χ2v) is 16.6. The maximum absolute atomic E-state index is 14.1. The van der Waals surface area contributed by atoms with Crippen LogP contribution in [-0.2, 0) is 0 Å². The summed E-state index contributed by atoms with van der Waals surface area (Å²) < 4.78 is 77.0. The Balaban J connectivity index is 0.000000211. The molecule has 0 spiro atoms. The maximum atomic E-state index is 14.1. The van der Waals surface area contributed by atoms with Gasteiger partial charge in [0.05, 0.1) is 26.9 Å². The van der Waals surface area contributed by atoms with E-state index >= 15 is 0 Å². The molecule has 0 N–H and O–H groups in total. The van der Waals surface area contributed by atoms with Gasteiger partial charge in [-0.1, -0.05) is 24.3 Å². The highest BCUT2D eigenvalue weighted by atomic mass is 19.2. The van der Waals surface area contributed by atoms with Crippen LogP contribution in [0.5, 0.6) is 23.0 Å². The van der Waals surface area contributed by atoms with Crippen molar-refractivity contribution in [3.63, 3.8) is 0 Å². The molecule has 4 aliphatic rings. The Morgan fingerprint density at radius 2 is 0.782 bits per heavy atom. The molecule has 2 aromatic carbocycles. The van der Waals surface area contributed by atoms with E-state index in [9.17, 15) is 17.6 Å². The fourth-order valence-electron chi connectivity index (χ4n) is 9.91. The molecule has 0 atom stereocenters. The first kappa shape index (κ1) is 43.0. The molecule has 6 rings (SSSR count). The highest BCUT2D eigenvalue weighted by molar-refractivity contribution is 5.35. The number of benzene rings is 2. The molecule has 306 valence electrons. The topological polar surface area (TPSA) is 36.9 Å². The number of allylic oxidation sites excluding steroid dienone is 4. The van der Waals surface area contributed by atoms with E-state index in [4.69, 9.17) is 18.9 Å². The molecule has 4 fully saturated rings. The normalized spacial score (nSPS) is 28.7. The van der Waals surface area contributed by atoms with E-state index in [0.717, 1.165) is 61.2 Å². The Morgan fingerprint density at radius 3 is 1.11 bits per heavy atom. The lowest BCUT2D eigenvalue weighted by Gasteiger charge is -2.37. The maximum Gasteiger partial charge on any atom is 0.204 e. The van der Waals surface area contributed by atoms with Gasteiger partial charge in [0.2, 0.25) is 23.3 Å². The van der Waals surface area contributed by atoms with E-state index in [0.29, 0.717) is 31.7 Å². The van der Waals surface area contributed by atoms with Crippen LogP contribution in [0.2, 0.25) is 0 Å². The molecular weight excluding hydrogens is 705 g/mol. The number of halogens is 4. The van der Waals surface area contributed by atoms with Gasteiger partial charge in [0.1, 0.15) is 0 Å². The highest BCUT2D eigenvalue weighted by Gasteiger charge is 2.32. The third kappa shape index (κ3) is 12.2. The van der Waals surface area contributed by atoms with Crippen LogP contribution >= 0.6 is 0 Å². The van der Waals surface area contributed by atoms with E-state index in [2.05, 4.69) is 38.2 Å². The fourth-order valence-corrected chi connectivity index (χ4v) is 9.91. The Hall–Kier alpha value is -3.16. The molecule has 0 unspecified atom stereocenters. The van der Waals surface area contributed by atoms with Gasteiger partial charge in [0.15, 0.2) is 23.0 Å². The lowest BCUT2D eigenvalue weighted by molar-refractivity contribution is 0.127. The van der Waals surface area contributed by atoms with E-state index < -0.39 is 23.3 Å². The number of hydrogen-bond acceptors (Lipinski definition) is 4. The Bertz CT molecular complexity index is 1490. The van der Waals surface area contributed by atoms with Gasteiger partial charge in [-0.25, -0.2) is 0 Å². The number of rotatable bonds is 13. The van der Waals surface area contributed by atoms with Crippen molar-refractivity contribution in [1.29, 1.82) is 0 Å². The van der Waals surface area contributed by atoms with Crippen molar-refractivity contribution in [2.24, 2.45) is 47.3 Å². The molecule has 0 aromatic heterocycles. The molecule has 0 heterocycles. The van der Waals surface area contributed by atoms with Gasteiger partial charge >= 0.3 is 0 Å². The first-order valence-corrected chi connectivity index (χ1v) is 21.4. The number of ether oxygens (including phenoxy) is 4. The first-order chi connectivity index (χ1) is 26.7. The third-order valence-corrected chi connectivity index (χ3v) is 13.2. The molecule has 0 bridgehead atoms. The molecule has 4 aliphatic carbocycles. The van der Waals surface area contributed by atoms with E-state index in [1.807, 2.05) is 0 Å². The SMILES string of the molecule is C/C=C/C1CCC(C2CCC(COc3ccc(OC)c(F)c3F)CC2)CC1.C/C=C/C1CCC(C2CCC(COc3ccc(OCC)c(F)c3F)CC2)CC1. The van der Waals surface area contributed by atoms with Crippen LogP contribution < -0.4 is 18.9 Å². The number of methoxy groups -OCH3 is 1. The zero-order valence-electron chi connectivity index (χ0n) is 33.8. The Labute approximate surface area is 328 Å². The monoisotopic (exact) mass is 770 g/mol. The van der Waals surface area contributed by atoms with Gasteiger partial charge in [0.25, 0.3) is 0 Å². The molecule has 55 heavy (non-hydrogen) atoms. The molecular formula is C47H66F4O4. The molecule has 0 radical (unpaired) electrons. The van der Waals surface area contributed by atoms with Crippen molar-refractivity contribution in [3.8, 4) is 23.0 Å². The summed E-state index contributed by atoms with van der Waals surface area (Å²) in [6, 6.07) is 5.78. The quantitative estimate of drug-likeness (QED) is 0.150. The van der Waals surface area contributed by atoms with Crippen LogP contribution in [0.1, 0.15) is 124 Å². The van der Waals surface area contributed by atoms with Crippen LogP contribution in [0, 0.1) is 70.6 Å². The van der Waals surface area contributed by atoms with Crippen LogP contribution in [0.4, 0.5) is 17.6 Å². The summed E-state index contributed by atoms with van der Waals surface area (Å²) in [5.74, 6) is 1.85. The minimum Gasteiger partial charge on any atom is -0.494 e. The minimum atomic E-state index is -0.979. The van der Waals surface area contributed by atoms with Gasteiger partial charge in [0, 0.05) is 0 Å². The zero-order valence-corrected chi connectivity index (χ0v) is 33.8. The van der Waals surface area contributed by atoms with Gasteiger partial charge in [-0.3, -0.25) is 0 Å². The average molecular weight is 771 g/mol. The van der Waals surface area contributed by atoms with Crippen molar-refractivity contribution >= 4 is 0 Å². The van der Waals surface area contributed by atoms with Gasteiger partial charge in [-0.15, -0.1) is 0 Å². The summed E-state index contributed by atoms with van der Waals surface area (Å²) in [6.45, 7) is 7.20. The molecule has 0 amide bonds. The second-order valence-electron chi connectivity index (χ2n) is 16.6. The van der Waals surface area contributed by atoms with Crippen molar-refractivity contribution in [1.82, 2.24) is 0 Å². The van der Waals surface area contributed by atoms with Crippen molar-refractivity contribution in [2.45, 2.75) is 124 Å². The summed E-state index contributed by atoms with van der Waals surface area (Å²) in [7, 11) is 1.32. The van der Waals surface area contributed by atoms with Gasteiger partial charge in [-0.05, 0) is 195 Å². The van der Waals surface area contributed by atoms with Crippen molar-refractivity contribution < 1.29 is 36.5 Å². The lowest BCUT2D eigenvalue weighted by Crippen LogP contribution is -2.27. The molecule has 8 heteroatoms. The molecule has 0 saturated heterocycles. The van der Waals surface area contributed by atoms with Crippen molar-refractivity contribution in [2.75, 3.05) is 26.9 Å². The van der Waals surface area contributed by atoms with E-state index in [1.165, 1.54) is 108 Å². The zero-order chi connectivity index (χ0) is 39.2. The minimum absolute atomic E-state index is 0.00891. The Kier molecular flexibility index (Phi) is 17.2. The smallest absolute Gasteiger partial charge is 0.204 e. The van der Waals surface area contributed by atoms with Gasteiger partial charge in [-0.2, -0.15) is 17.6 Å². The van der Waals surface area contributed by atoms with E-state index in [-0.39, 0.29) is 23.0 Å². The summed E-state index contributed by atoms with van der Waals surface area (Å²) in [4.78, 5) is 0. The second kappa shape index (κ2) is 22.0. The summed E-state index contributed by atoms with van der Waals surface area (Å²) in [6.07, 6.45) is 29.4. The fraction of sp³-hybridized carbons (Fsp3) is 0.660. The molecule has 0 aliphatic heterocycles. The van der Waals surface area contributed by atoms with E-state index in [1.54, 1.807) is 6.92 Å². The summed E-state index contributed by atoms with van der Waals surface area (Å²) in [5, 5.41) is 0. The average Bonchev–Trinajstić information content (AvgIpc) is 3.21. The van der Waals surface area contributed by atoms with Crippen molar-refractivity contribution in [3.05, 3.63) is 71.8 Å². The standard InChI is InChI=1S/C24H34F2O2.C23H32F2O2/c1-3-5-17-6-10-19(11-7-17)20-12-8-18(9-13-20)16-28-22-15-14-21(27-4-2)23(25)24(22)26;1-3-4-16-5-9-18(10-6-16)19-11-7-17(8-12-19)15-27-21-14-13-20(26-2)22(24)23(21)25/h3,5,14-15,17-20H,4,6-13,16H2,1-2H3;3-4,13-14,16-19H,5-12,15H2,1-2H3/b5-3+;4-3+. The molecule has 4 nitrogen and oxygen atoms in total. The summed E-state index contributed by atoms with van der Waals surface area (Å²) >= 11 is 0. The molecule has 4 saturated carbocycles. The molecule has 2 aromatic rings. The third-order valence-electron chi connectivity index (χ3n) is 13.2. The Morgan fingerprint density at radius 1 is 0.473 bits per heavy atom. The van der Waals surface area contributed by atoms with Crippen LogP contribution in [0.3, 0.4) is 0 Å². The largest absolute Gasteiger partial charge is 0.494 e.